The van der Waals surface area contributed by atoms with Gasteiger partial charge in [0, 0.05) is 24.1 Å². The highest BCUT2D eigenvalue weighted by molar-refractivity contribution is 7.99. The first-order chi connectivity index (χ1) is 7.77. The lowest BCUT2D eigenvalue weighted by atomic mass is 10.2. The van der Waals surface area contributed by atoms with E-state index in [0.717, 1.165) is 35.8 Å². The van der Waals surface area contributed by atoms with Gasteiger partial charge < -0.3 is 9.84 Å². The second-order valence-corrected chi connectivity index (χ2v) is 5.03. The summed E-state index contributed by atoms with van der Waals surface area (Å²) in [6.45, 7) is 2.66. The van der Waals surface area contributed by atoms with Crippen LogP contribution in [0.5, 0.6) is 0 Å². The van der Waals surface area contributed by atoms with Crippen LogP contribution in [0.4, 0.5) is 0 Å². The van der Waals surface area contributed by atoms with Crippen LogP contribution in [-0.2, 0) is 4.74 Å². The van der Waals surface area contributed by atoms with Crippen molar-refractivity contribution in [3.8, 4) is 0 Å². The smallest absolute Gasteiger partial charge is 0.102 e. The number of aromatic nitrogens is 1. The molecule has 0 bridgehead atoms. The standard InChI is InChI=1S/C12H17NO2S/c1-9(14)11-5-2-6-13-12(11)16-8-10-4-3-7-15-10/h2,5-6,9-10,14H,3-4,7-8H2,1H3. The summed E-state index contributed by atoms with van der Waals surface area (Å²) in [5.41, 5.74) is 0.908. The topological polar surface area (TPSA) is 42.4 Å². The van der Waals surface area contributed by atoms with Crippen molar-refractivity contribution in [1.82, 2.24) is 4.98 Å². The molecule has 1 aromatic rings. The Morgan fingerprint density at radius 3 is 3.25 bits per heavy atom. The monoisotopic (exact) mass is 239 g/mol. The van der Waals surface area contributed by atoms with Gasteiger partial charge in [-0.1, -0.05) is 6.07 Å². The van der Waals surface area contributed by atoms with Crippen molar-refractivity contribution in [2.45, 2.75) is 37.0 Å². The van der Waals surface area contributed by atoms with Gasteiger partial charge in [-0.3, -0.25) is 0 Å². The average Bonchev–Trinajstić information content (AvgIpc) is 2.79. The van der Waals surface area contributed by atoms with E-state index in [2.05, 4.69) is 4.98 Å². The third kappa shape index (κ3) is 2.97. The van der Waals surface area contributed by atoms with Gasteiger partial charge in [0.25, 0.3) is 0 Å². The minimum atomic E-state index is -0.458. The summed E-state index contributed by atoms with van der Waals surface area (Å²) in [6, 6.07) is 3.79. The van der Waals surface area contributed by atoms with Crippen LogP contribution in [0, 0.1) is 0 Å². The molecule has 0 saturated carbocycles. The van der Waals surface area contributed by atoms with E-state index >= 15 is 0 Å². The molecule has 1 fully saturated rings. The van der Waals surface area contributed by atoms with E-state index in [1.165, 1.54) is 0 Å². The number of nitrogens with zero attached hydrogens (tertiary/aromatic N) is 1. The molecule has 2 unspecified atom stereocenters. The molecule has 2 atom stereocenters. The molecule has 2 heterocycles. The van der Waals surface area contributed by atoms with Gasteiger partial charge in [0.1, 0.15) is 5.03 Å². The molecule has 88 valence electrons. The van der Waals surface area contributed by atoms with Crippen LogP contribution in [-0.4, -0.2) is 28.6 Å². The van der Waals surface area contributed by atoms with Crippen molar-refractivity contribution in [3.05, 3.63) is 23.9 Å². The summed E-state index contributed by atoms with van der Waals surface area (Å²) in [4.78, 5) is 4.31. The lowest BCUT2D eigenvalue weighted by Gasteiger charge is -2.12. The van der Waals surface area contributed by atoms with Crippen LogP contribution in [0.3, 0.4) is 0 Å². The molecule has 3 nitrogen and oxygen atoms in total. The first kappa shape index (κ1) is 11.9. The number of hydrogen-bond acceptors (Lipinski definition) is 4. The Labute approximate surface area is 100 Å². The summed E-state index contributed by atoms with van der Waals surface area (Å²) in [6.07, 6.45) is 3.97. The Bertz CT molecular complexity index is 338. The predicted octanol–water partition coefficient (Wildman–Crippen LogP) is 2.41. The van der Waals surface area contributed by atoms with Crippen LogP contribution in [0.2, 0.25) is 0 Å². The third-order valence-corrected chi connectivity index (χ3v) is 3.83. The van der Waals surface area contributed by atoms with E-state index < -0.39 is 6.10 Å². The van der Waals surface area contributed by atoms with Gasteiger partial charge in [0.05, 0.1) is 12.2 Å². The highest BCUT2D eigenvalue weighted by atomic mass is 32.2. The Balaban J connectivity index is 1.97. The fourth-order valence-electron chi connectivity index (χ4n) is 1.79. The fraction of sp³-hybridized carbons (Fsp3) is 0.583. The normalized spacial score (nSPS) is 22.2. The first-order valence-corrected chi connectivity index (χ1v) is 6.63. The summed E-state index contributed by atoms with van der Waals surface area (Å²) in [7, 11) is 0. The Hall–Kier alpha value is -0.580. The molecule has 1 aromatic heterocycles. The molecule has 0 aromatic carbocycles. The molecular formula is C12H17NO2S. The maximum absolute atomic E-state index is 9.61. The van der Waals surface area contributed by atoms with E-state index in [1.54, 1.807) is 24.9 Å². The predicted molar refractivity (Wildman–Crippen MR) is 64.6 cm³/mol. The molecule has 0 spiro atoms. The summed E-state index contributed by atoms with van der Waals surface area (Å²) in [5, 5.41) is 10.5. The van der Waals surface area contributed by atoms with Gasteiger partial charge >= 0.3 is 0 Å². The number of aliphatic hydroxyl groups excluding tert-OH is 1. The Morgan fingerprint density at radius 1 is 1.69 bits per heavy atom. The van der Waals surface area contributed by atoms with Gasteiger partial charge in [-0.2, -0.15) is 0 Å². The van der Waals surface area contributed by atoms with E-state index in [4.69, 9.17) is 4.74 Å². The van der Waals surface area contributed by atoms with E-state index in [0.29, 0.717) is 6.10 Å². The zero-order valence-electron chi connectivity index (χ0n) is 9.43. The molecule has 4 heteroatoms. The molecule has 0 aliphatic carbocycles. The van der Waals surface area contributed by atoms with Crippen LogP contribution < -0.4 is 0 Å². The number of thioether (sulfide) groups is 1. The van der Waals surface area contributed by atoms with Crippen LogP contribution in [0.1, 0.15) is 31.4 Å². The van der Waals surface area contributed by atoms with Crippen LogP contribution >= 0.6 is 11.8 Å². The van der Waals surface area contributed by atoms with E-state index in [9.17, 15) is 5.11 Å². The van der Waals surface area contributed by atoms with E-state index in [-0.39, 0.29) is 0 Å². The van der Waals surface area contributed by atoms with Crippen molar-refractivity contribution >= 4 is 11.8 Å². The number of rotatable bonds is 4. The van der Waals surface area contributed by atoms with Crippen molar-refractivity contribution < 1.29 is 9.84 Å². The lowest BCUT2D eigenvalue weighted by Crippen LogP contribution is -2.08. The largest absolute Gasteiger partial charge is 0.389 e. The minimum absolute atomic E-state index is 0.355. The van der Waals surface area contributed by atoms with Crippen molar-refractivity contribution in [2.75, 3.05) is 12.4 Å². The highest BCUT2D eigenvalue weighted by Gasteiger charge is 2.17. The second-order valence-electron chi connectivity index (χ2n) is 4.02. The molecule has 2 rings (SSSR count). The quantitative estimate of drug-likeness (QED) is 0.819. The highest BCUT2D eigenvalue weighted by Crippen LogP contribution is 2.27. The molecule has 1 aliphatic rings. The average molecular weight is 239 g/mol. The van der Waals surface area contributed by atoms with Gasteiger partial charge in [0.2, 0.25) is 0 Å². The molecule has 1 aliphatic heterocycles. The summed E-state index contributed by atoms with van der Waals surface area (Å²) in [5.74, 6) is 0.927. The minimum Gasteiger partial charge on any atom is -0.389 e. The lowest BCUT2D eigenvalue weighted by molar-refractivity contribution is 0.129. The molecule has 1 N–H and O–H groups in total. The molecule has 0 amide bonds. The maximum atomic E-state index is 9.61. The molecule has 1 saturated heterocycles. The van der Waals surface area contributed by atoms with Gasteiger partial charge in [-0.25, -0.2) is 4.98 Å². The van der Waals surface area contributed by atoms with Crippen molar-refractivity contribution in [2.24, 2.45) is 0 Å². The van der Waals surface area contributed by atoms with Crippen LogP contribution in [0.15, 0.2) is 23.4 Å². The maximum Gasteiger partial charge on any atom is 0.102 e. The summed E-state index contributed by atoms with van der Waals surface area (Å²) < 4.78 is 5.56. The van der Waals surface area contributed by atoms with Crippen molar-refractivity contribution in [1.29, 1.82) is 0 Å². The third-order valence-electron chi connectivity index (χ3n) is 2.68. The zero-order chi connectivity index (χ0) is 11.4. The Kier molecular flexibility index (Phi) is 4.21. The SMILES string of the molecule is CC(O)c1cccnc1SCC1CCCO1. The van der Waals surface area contributed by atoms with Crippen LogP contribution in [0.25, 0.3) is 0 Å². The van der Waals surface area contributed by atoms with Gasteiger partial charge in [-0.15, -0.1) is 11.8 Å². The second kappa shape index (κ2) is 5.66. The summed E-state index contributed by atoms with van der Waals surface area (Å²) >= 11 is 1.68. The first-order valence-electron chi connectivity index (χ1n) is 5.65. The number of aliphatic hydroxyl groups is 1. The molecular weight excluding hydrogens is 222 g/mol. The van der Waals surface area contributed by atoms with Crippen molar-refractivity contribution in [3.63, 3.8) is 0 Å². The molecule has 16 heavy (non-hydrogen) atoms. The van der Waals surface area contributed by atoms with E-state index in [1.807, 2.05) is 12.1 Å². The fourth-order valence-corrected chi connectivity index (χ4v) is 2.94. The molecule has 0 radical (unpaired) electrons. The number of pyridine rings is 1. The van der Waals surface area contributed by atoms with Gasteiger partial charge in [0.15, 0.2) is 0 Å². The zero-order valence-corrected chi connectivity index (χ0v) is 10.2. The number of ether oxygens (including phenoxy) is 1. The number of hydrogen-bond donors (Lipinski definition) is 1. The van der Waals surface area contributed by atoms with Gasteiger partial charge in [-0.05, 0) is 25.8 Å². The Morgan fingerprint density at radius 2 is 2.56 bits per heavy atom.